The Balaban J connectivity index is 2.61. The fourth-order valence-corrected chi connectivity index (χ4v) is 2.06. The van der Waals surface area contributed by atoms with Crippen LogP contribution in [0.25, 0.3) is 0 Å². The van der Waals surface area contributed by atoms with Crippen LogP contribution in [-0.2, 0) is 16.1 Å². The number of ether oxygens (including phenoxy) is 2. The molecule has 0 aliphatic heterocycles. The second-order valence-corrected chi connectivity index (χ2v) is 5.00. The first-order valence-electron chi connectivity index (χ1n) is 6.82. The molecule has 0 aromatic heterocycles. The molecule has 106 valence electrons. The van der Waals surface area contributed by atoms with Crippen molar-refractivity contribution in [3.05, 3.63) is 29.8 Å². The minimum atomic E-state index is -0.0757. The van der Waals surface area contributed by atoms with Crippen LogP contribution in [0.15, 0.2) is 24.3 Å². The van der Waals surface area contributed by atoms with Crippen molar-refractivity contribution in [3.63, 3.8) is 0 Å². The van der Waals surface area contributed by atoms with Crippen LogP contribution in [0.2, 0.25) is 0 Å². The second kappa shape index (κ2) is 7.95. The zero-order chi connectivity index (χ0) is 14.3. The molecule has 0 aliphatic rings. The van der Waals surface area contributed by atoms with Crippen molar-refractivity contribution in [1.82, 2.24) is 0 Å². The molecule has 0 bridgehead atoms. The molecule has 1 aromatic rings. The summed E-state index contributed by atoms with van der Waals surface area (Å²) in [5.74, 6) is 1.13. The average Bonchev–Trinajstić information content (AvgIpc) is 2.47. The van der Waals surface area contributed by atoms with Gasteiger partial charge in [-0.1, -0.05) is 39.3 Å². The first-order valence-corrected chi connectivity index (χ1v) is 6.82. The van der Waals surface area contributed by atoms with Gasteiger partial charge < -0.3 is 14.3 Å². The van der Waals surface area contributed by atoms with E-state index in [2.05, 4.69) is 13.8 Å². The number of hydrogen-bond acceptors (Lipinski definition) is 3. The van der Waals surface area contributed by atoms with E-state index in [9.17, 15) is 4.79 Å². The van der Waals surface area contributed by atoms with Gasteiger partial charge >= 0.3 is 0 Å². The van der Waals surface area contributed by atoms with E-state index in [-0.39, 0.29) is 12.0 Å². The highest BCUT2D eigenvalue weighted by Crippen LogP contribution is 2.21. The lowest BCUT2D eigenvalue weighted by atomic mass is 9.92. The fraction of sp³-hybridized carbons (Fsp3) is 0.562. The molecule has 1 aromatic carbocycles. The van der Waals surface area contributed by atoms with E-state index in [1.165, 1.54) is 0 Å². The summed E-state index contributed by atoms with van der Waals surface area (Å²) in [6.45, 7) is 6.68. The van der Waals surface area contributed by atoms with Crippen LogP contribution in [0.4, 0.5) is 0 Å². The standard InChI is InChI=1S/C16H24O3/c1-5-12(2)16(13(3)10-17)19-11-14-6-8-15(18-4)9-7-14/h6-10,12-13,16H,5,11H2,1-4H3/t12-,13-,16-/m1/s1. The Hall–Kier alpha value is -1.35. The molecule has 0 saturated carbocycles. The van der Waals surface area contributed by atoms with Crippen molar-refractivity contribution in [3.8, 4) is 5.75 Å². The summed E-state index contributed by atoms with van der Waals surface area (Å²) in [5.41, 5.74) is 1.09. The normalized spacial score (nSPS) is 15.6. The maximum atomic E-state index is 11.0. The molecule has 3 nitrogen and oxygen atoms in total. The van der Waals surface area contributed by atoms with Gasteiger partial charge in [-0.05, 0) is 23.6 Å². The molecular formula is C16H24O3. The number of hydrogen-bond donors (Lipinski definition) is 0. The van der Waals surface area contributed by atoms with Crippen molar-refractivity contribution < 1.29 is 14.3 Å². The Bertz CT molecular complexity index is 372. The quantitative estimate of drug-likeness (QED) is 0.674. The Morgan fingerprint density at radius 2 is 1.84 bits per heavy atom. The van der Waals surface area contributed by atoms with Crippen molar-refractivity contribution in [2.45, 2.75) is 39.9 Å². The Kier molecular flexibility index (Phi) is 6.57. The Morgan fingerprint density at radius 1 is 1.21 bits per heavy atom. The summed E-state index contributed by atoms with van der Waals surface area (Å²) >= 11 is 0. The number of methoxy groups -OCH3 is 1. The first-order chi connectivity index (χ1) is 9.12. The summed E-state index contributed by atoms with van der Waals surface area (Å²) in [6, 6.07) is 7.80. The SMILES string of the molecule is CC[C@@H](C)[C@@H](OCc1ccc(OC)cc1)[C@H](C)C=O. The average molecular weight is 264 g/mol. The second-order valence-electron chi connectivity index (χ2n) is 5.00. The van der Waals surface area contributed by atoms with Gasteiger partial charge in [0, 0.05) is 5.92 Å². The van der Waals surface area contributed by atoms with Gasteiger partial charge in [-0.3, -0.25) is 0 Å². The predicted molar refractivity (Wildman–Crippen MR) is 76.3 cm³/mol. The van der Waals surface area contributed by atoms with Crippen molar-refractivity contribution in [2.75, 3.05) is 7.11 Å². The fourth-order valence-electron chi connectivity index (χ4n) is 2.06. The van der Waals surface area contributed by atoms with Crippen LogP contribution in [0.1, 0.15) is 32.8 Å². The lowest BCUT2D eigenvalue weighted by Crippen LogP contribution is -2.29. The van der Waals surface area contributed by atoms with Crippen molar-refractivity contribution in [1.29, 1.82) is 0 Å². The van der Waals surface area contributed by atoms with E-state index < -0.39 is 0 Å². The smallest absolute Gasteiger partial charge is 0.125 e. The van der Waals surface area contributed by atoms with Gasteiger partial charge in [0.15, 0.2) is 0 Å². The molecule has 0 amide bonds. The number of rotatable bonds is 8. The highest BCUT2D eigenvalue weighted by atomic mass is 16.5. The number of carbonyl (C=O) groups is 1. The zero-order valence-electron chi connectivity index (χ0n) is 12.3. The van der Waals surface area contributed by atoms with E-state index in [1.54, 1.807) is 7.11 Å². The molecule has 0 heterocycles. The first kappa shape index (κ1) is 15.7. The highest BCUT2D eigenvalue weighted by molar-refractivity contribution is 5.53. The molecule has 1 rings (SSSR count). The monoisotopic (exact) mass is 264 g/mol. The van der Waals surface area contributed by atoms with Crippen LogP contribution in [0.3, 0.4) is 0 Å². The van der Waals surface area contributed by atoms with Crippen LogP contribution < -0.4 is 4.74 Å². The van der Waals surface area contributed by atoms with E-state index in [0.717, 1.165) is 24.0 Å². The number of benzene rings is 1. The molecular weight excluding hydrogens is 240 g/mol. The van der Waals surface area contributed by atoms with Gasteiger partial charge in [-0.15, -0.1) is 0 Å². The molecule has 0 saturated heterocycles. The minimum absolute atomic E-state index is 0.0235. The molecule has 0 spiro atoms. The highest BCUT2D eigenvalue weighted by Gasteiger charge is 2.23. The van der Waals surface area contributed by atoms with Crippen LogP contribution in [0.5, 0.6) is 5.75 Å². The maximum Gasteiger partial charge on any atom is 0.125 e. The van der Waals surface area contributed by atoms with E-state index in [4.69, 9.17) is 9.47 Å². The van der Waals surface area contributed by atoms with Gasteiger partial charge in [-0.2, -0.15) is 0 Å². The van der Waals surface area contributed by atoms with E-state index in [1.807, 2.05) is 31.2 Å². The summed E-state index contributed by atoms with van der Waals surface area (Å²) in [4.78, 5) is 11.0. The third kappa shape index (κ3) is 4.67. The molecule has 19 heavy (non-hydrogen) atoms. The molecule has 0 aliphatic carbocycles. The lowest BCUT2D eigenvalue weighted by Gasteiger charge is -2.26. The third-order valence-corrected chi connectivity index (χ3v) is 3.54. The molecule has 3 atom stereocenters. The summed E-state index contributed by atoms with van der Waals surface area (Å²) in [7, 11) is 1.65. The molecule has 0 N–H and O–H groups in total. The zero-order valence-corrected chi connectivity index (χ0v) is 12.3. The topological polar surface area (TPSA) is 35.5 Å². The summed E-state index contributed by atoms with van der Waals surface area (Å²) in [5, 5.41) is 0. The minimum Gasteiger partial charge on any atom is -0.497 e. The maximum absolute atomic E-state index is 11.0. The van der Waals surface area contributed by atoms with Gasteiger partial charge in [0.2, 0.25) is 0 Å². The summed E-state index contributed by atoms with van der Waals surface area (Å²) < 4.78 is 11.1. The van der Waals surface area contributed by atoms with Crippen molar-refractivity contribution in [2.24, 2.45) is 11.8 Å². The van der Waals surface area contributed by atoms with Gasteiger partial charge in [0.05, 0.1) is 19.8 Å². The van der Waals surface area contributed by atoms with Gasteiger partial charge in [-0.25, -0.2) is 0 Å². The molecule has 0 fully saturated rings. The van der Waals surface area contributed by atoms with Crippen LogP contribution in [0, 0.1) is 11.8 Å². The summed E-state index contributed by atoms with van der Waals surface area (Å²) in [6.07, 6.45) is 1.96. The predicted octanol–water partition coefficient (Wildman–Crippen LogP) is 3.46. The number of carbonyl (C=O) groups excluding carboxylic acids is 1. The molecule has 0 radical (unpaired) electrons. The third-order valence-electron chi connectivity index (χ3n) is 3.54. The van der Waals surface area contributed by atoms with Crippen LogP contribution in [-0.4, -0.2) is 19.5 Å². The largest absolute Gasteiger partial charge is 0.497 e. The Morgan fingerprint density at radius 3 is 2.32 bits per heavy atom. The van der Waals surface area contributed by atoms with E-state index >= 15 is 0 Å². The van der Waals surface area contributed by atoms with Crippen LogP contribution >= 0.6 is 0 Å². The van der Waals surface area contributed by atoms with Crippen molar-refractivity contribution >= 4 is 6.29 Å². The number of aldehydes is 1. The van der Waals surface area contributed by atoms with Gasteiger partial charge in [0.1, 0.15) is 12.0 Å². The lowest BCUT2D eigenvalue weighted by molar-refractivity contribution is -0.118. The van der Waals surface area contributed by atoms with Gasteiger partial charge in [0.25, 0.3) is 0 Å². The Labute approximate surface area is 115 Å². The van der Waals surface area contributed by atoms with E-state index in [0.29, 0.717) is 12.5 Å². The molecule has 3 heteroatoms. The molecule has 0 unspecified atom stereocenters.